The van der Waals surface area contributed by atoms with E-state index in [2.05, 4.69) is 5.10 Å². The molecule has 0 aliphatic rings. The van der Waals surface area contributed by atoms with E-state index in [0.717, 1.165) is 0 Å². The number of rotatable bonds is 2. The molecule has 0 radical (unpaired) electrons. The predicted molar refractivity (Wildman–Crippen MR) is 80.0 cm³/mol. The number of hydrogen-bond donors (Lipinski definition) is 1. The molecule has 5 nitrogen and oxygen atoms in total. The van der Waals surface area contributed by atoms with Crippen LogP contribution in [0, 0.1) is 11.3 Å². The minimum absolute atomic E-state index is 0.248. The fraction of sp³-hybridized carbons (Fsp3) is 0.167. The van der Waals surface area contributed by atoms with E-state index in [0.29, 0.717) is 12.1 Å². The average Bonchev–Trinajstić information content (AvgIpc) is 2.80. The van der Waals surface area contributed by atoms with Crippen molar-refractivity contribution < 1.29 is 30.6 Å². The van der Waals surface area contributed by atoms with Crippen molar-refractivity contribution in [3.05, 3.63) is 33.4 Å². The first-order valence-corrected chi connectivity index (χ1v) is 8.03. The highest BCUT2D eigenvalue weighted by atomic mass is 35.5. The lowest BCUT2D eigenvalue weighted by atomic mass is 10.1. The number of nitriles is 1. The summed E-state index contributed by atoms with van der Waals surface area (Å²) in [5.41, 5.74) is -8.87. The number of nitrogen functional groups attached to an aromatic ring is 1. The van der Waals surface area contributed by atoms with Crippen molar-refractivity contribution in [2.75, 3.05) is 5.84 Å². The van der Waals surface area contributed by atoms with Gasteiger partial charge >= 0.3 is 11.7 Å². The molecule has 1 aromatic heterocycles. The second kappa shape index (κ2) is 6.64. The minimum atomic E-state index is -5.30. The fourth-order valence-electron chi connectivity index (χ4n) is 1.97. The first kappa shape index (κ1) is 20.3. The molecule has 140 valence electrons. The molecular formula is C12H4Cl2F6N4OS. The third-order valence-electron chi connectivity index (χ3n) is 2.97. The lowest BCUT2D eigenvalue weighted by Crippen LogP contribution is -2.18. The van der Waals surface area contributed by atoms with Gasteiger partial charge in [0.15, 0.2) is 16.5 Å². The lowest BCUT2D eigenvalue weighted by Gasteiger charge is -2.14. The van der Waals surface area contributed by atoms with Gasteiger partial charge in [-0.2, -0.15) is 36.4 Å². The molecule has 1 unspecified atom stereocenters. The van der Waals surface area contributed by atoms with Crippen molar-refractivity contribution in [3.63, 3.8) is 0 Å². The summed E-state index contributed by atoms with van der Waals surface area (Å²) in [5, 5.41) is 10.8. The van der Waals surface area contributed by atoms with E-state index in [1.165, 1.54) is 6.07 Å². The van der Waals surface area contributed by atoms with Crippen molar-refractivity contribution in [2.24, 2.45) is 0 Å². The molecular weight excluding hydrogens is 433 g/mol. The van der Waals surface area contributed by atoms with Crippen LogP contribution in [-0.2, 0) is 17.0 Å². The van der Waals surface area contributed by atoms with Crippen LogP contribution in [0.3, 0.4) is 0 Å². The Hall–Kier alpha value is -1.97. The van der Waals surface area contributed by atoms with Gasteiger partial charge in [-0.25, -0.2) is 4.21 Å². The summed E-state index contributed by atoms with van der Waals surface area (Å²) in [4.78, 5) is -0.913. The molecule has 0 saturated carbocycles. The van der Waals surface area contributed by atoms with Crippen molar-refractivity contribution in [2.45, 2.75) is 16.6 Å². The molecule has 0 bridgehead atoms. The smallest absolute Gasteiger partial charge is 0.323 e. The number of hydrogen-bond acceptors (Lipinski definition) is 4. The molecule has 26 heavy (non-hydrogen) atoms. The lowest BCUT2D eigenvalue weighted by molar-refractivity contribution is -0.137. The van der Waals surface area contributed by atoms with Crippen LogP contribution < -0.4 is 5.84 Å². The van der Waals surface area contributed by atoms with Gasteiger partial charge < -0.3 is 5.84 Å². The average molecular weight is 437 g/mol. The van der Waals surface area contributed by atoms with Crippen molar-refractivity contribution >= 4 is 34.0 Å². The Kier molecular flexibility index (Phi) is 5.19. The van der Waals surface area contributed by atoms with Crippen molar-refractivity contribution in [1.29, 1.82) is 5.26 Å². The van der Waals surface area contributed by atoms with Crippen LogP contribution in [0.1, 0.15) is 11.3 Å². The number of aromatic nitrogens is 2. The molecule has 0 saturated heterocycles. The molecule has 1 aromatic carbocycles. The molecule has 0 aliphatic heterocycles. The van der Waals surface area contributed by atoms with Crippen LogP contribution >= 0.6 is 23.2 Å². The summed E-state index contributed by atoms with van der Waals surface area (Å²) in [5.74, 6) is 5.41. The van der Waals surface area contributed by atoms with E-state index in [4.69, 9.17) is 34.3 Å². The van der Waals surface area contributed by atoms with Gasteiger partial charge in [0.1, 0.15) is 16.7 Å². The van der Waals surface area contributed by atoms with Crippen LogP contribution in [0.15, 0.2) is 17.0 Å². The molecule has 0 fully saturated rings. The zero-order valence-corrected chi connectivity index (χ0v) is 14.2. The SMILES string of the molecule is N#Cc1nn(N)c(-c2c(Cl)cc(C(F)(F)F)cc2Cl)c1S(=O)C(F)(F)F. The third kappa shape index (κ3) is 3.60. The number of nitrogens with zero attached hydrogens (tertiary/aromatic N) is 3. The van der Waals surface area contributed by atoms with Gasteiger partial charge in [-0.1, -0.05) is 23.2 Å². The number of nitrogens with two attached hydrogens (primary N) is 1. The summed E-state index contributed by atoms with van der Waals surface area (Å²) in [6.07, 6.45) is -4.83. The highest BCUT2D eigenvalue weighted by Gasteiger charge is 2.43. The zero-order valence-electron chi connectivity index (χ0n) is 11.9. The minimum Gasteiger partial charge on any atom is -0.323 e. The number of benzene rings is 1. The molecule has 2 aromatic rings. The topological polar surface area (TPSA) is 84.7 Å². The Labute approximate surface area is 153 Å². The van der Waals surface area contributed by atoms with E-state index in [-0.39, 0.29) is 4.79 Å². The fourth-order valence-corrected chi connectivity index (χ4v) is 3.51. The van der Waals surface area contributed by atoms with Crippen LogP contribution in [0.25, 0.3) is 11.3 Å². The molecule has 0 amide bonds. The largest absolute Gasteiger partial charge is 0.476 e. The van der Waals surface area contributed by atoms with Crippen molar-refractivity contribution in [3.8, 4) is 17.3 Å². The van der Waals surface area contributed by atoms with Crippen molar-refractivity contribution in [1.82, 2.24) is 9.89 Å². The Morgan fingerprint density at radius 3 is 2.04 bits per heavy atom. The number of alkyl halides is 6. The zero-order chi connectivity index (χ0) is 20.0. The summed E-state index contributed by atoms with van der Waals surface area (Å²) in [6, 6.07) is 2.09. The standard InChI is InChI=1S/C12H4Cl2F6N4OS/c13-5-1-4(11(15,16)17)2-6(14)8(5)9-10(26(25)12(18,19)20)7(3-21)23-24(9)22/h1-2H,22H2. The van der Waals surface area contributed by atoms with E-state index in [1.54, 1.807) is 0 Å². The Balaban J connectivity index is 2.85. The monoisotopic (exact) mass is 436 g/mol. The molecule has 2 N–H and O–H groups in total. The molecule has 1 atom stereocenters. The second-order valence-electron chi connectivity index (χ2n) is 4.61. The maximum absolute atomic E-state index is 12.9. The van der Waals surface area contributed by atoms with E-state index < -0.39 is 59.9 Å². The first-order chi connectivity index (χ1) is 11.8. The molecule has 14 heteroatoms. The Bertz CT molecular complexity index is 924. The van der Waals surface area contributed by atoms with Gasteiger partial charge in [0, 0.05) is 5.56 Å². The summed E-state index contributed by atoms with van der Waals surface area (Å²) >= 11 is 11.5. The maximum Gasteiger partial charge on any atom is 0.476 e. The molecule has 0 aliphatic carbocycles. The Morgan fingerprint density at radius 1 is 1.15 bits per heavy atom. The van der Waals surface area contributed by atoms with Crippen LogP contribution in [0.2, 0.25) is 10.0 Å². The summed E-state index contributed by atoms with van der Waals surface area (Å²) in [6.45, 7) is 0. The third-order valence-corrected chi connectivity index (χ3v) is 4.75. The van der Waals surface area contributed by atoms with Gasteiger partial charge in [-0.05, 0) is 12.1 Å². The molecule has 2 rings (SSSR count). The maximum atomic E-state index is 12.9. The Morgan fingerprint density at radius 2 is 1.65 bits per heavy atom. The second-order valence-corrected chi connectivity index (χ2v) is 6.83. The molecule has 1 heterocycles. The first-order valence-electron chi connectivity index (χ1n) is 6.12. The van der Waals surface area contributed by atoms with Gasteiger partial charge in [0.2, 0.25) is 0 Å². The van der Waals surface area contributed by atoms with Gasteiger partial charge in [-0.3, -0.25) is 0 Å². The van der Waals surface area contributed by atoms with Gasteiger partial charge in [0.25, 0.3) is 0 Å². The van der Waals surface area contributed by atoms with E-state index in [9.17, 15) is 30.6 Å². The van der Waals surface area contributed by atoms with Crippen LogP contribution in [0.5, 0.6) is 0 Å². The highest BCUT2D eigenvalue weighted by Crippen LogP contribution is 2.43. The normalized spacial score (nSPS) is 13.5. The van der Waals surface area contributed by atoms with E-state index >= 15 is 0 Å². The van der Waals surface area contributed by atoms with E-state index in [1.807, 2.05) is 0 Å². The van der Waals surface area contributed by atoms with Gasteiger partial charge in [-0.15, -0.1) is 5.10 Å². The summed E-state index contributed by atoms with van der Waals surface area (Å²) < 4.78 is 88.7. The highest BCUT2D eigenvalue weighted by molar-refractivity contribution is 7.86. The quantitative estimate of drug-likeness (QED) is 0.567. The van der Waals surface area contributed by atoms with Gasteiger partial charge in [0.05, 0.1) is 15.6 Å². The predicted octanol–water partition coefficient (Wildman–Crippen LogP) is 4.09. The molecule has 0 spiro atoms. The van der Waals surface area contributed by atoms with Crippen LogP contribution in [-0.4, -0.2) is 19.6 Å². The summed E-state index contributed by atoms with van der Waals surface area (Å²) in [7, 11) is -3.77. The van der Waals surface area contributed by atoms with Crippen LogP contribution in [0.4, 0.5) is 26.3 Å². The number of halogens is 8.